The topological polar surface area (TPSA) is 97.8 Å². The van der Waals surface area contributed by atoms with Gasteiger partial charge in [0.15, 0.2) is 5.65 Å². The molecule has 2 saturated heterocycles. The second-order valence-electron chi connectivity index (χ2n) is 10.5. The monoisotopic (exact) mass is 508 g/mol. The average molecular weight is 509 g/mol. The van der Waals surface area contributed by atoms with E-state index in [9.17, 15) is 15.2 Å². The predicted octanol–water partition coefficient (Wildman–Crippen LogP) is 4.44. The van der Waals surface area contributed by atoms with E-state index >= 15 is 0 Å². The van der Waals surface area contributed by atoms with Crippen LogP contribution in [0.4, 0.5) is 5.82 Å². The zero-order chi connectivity index (χ0) is 26.4. The number of aliphatic hydroxyl groups excluding tert-OH is 1. The molecule has 1 amide bonds. The summed E-state index contributed by atoms with van der Waals surface area (Å²) in [5, 5.41) is 26.6. The van der Waals surface area contributed by atoms with E-state index in [2.05, 4.69) is 31.2 Å². The third kappa shape index (κ3) is 4.17. The fraction of sp³-hybridized carbons (Fsp3) is 0.400. The number of aromatic nitrogens is 3. The molecule has 0 bridgehead atoms. The number of benzene rings is 2. The molecule has 2 aromatic carbocycles. The lowest BCUT2D eigenvalue weighted by Gasteiger charge is -2.35. The molecule has 0 saturated carbocycles. The quantitative estimate of drug-likeness (QED) is 0.438. The molecule has 3 atom stereocenters. The molecule has 4 heterocycles. The maximum atomic E-state index is 14.0. The number of fused-ring (bicyclic) bond motifs is 2. The van der Waals surface area contributed by atoms with E-state index < -0.39 is 12.0 Å². The third-order valence-electron chi connectivity index (χ3n) is 8.07. The van der Waals surface area contributed by atoms with Crippen LogP contribution in [-0.4, -0.2) is 56.2 Å². The van der Waals surface area contributed by atoms with E-state index in [-0.39, 0.29) is 11.9 Å². The summed E-state index contributed by atoms with van der Waals surface area (Å²) in [5.41, 5.74) is 4.32. The molecule has 0 aliphatic carbocycles. The number of β-amino-alcohol motifs (C(OH)–C–C–N with tert-alkyl or cyclic N) is 1. The number of aliphatic hydroxyl groups is 1. The Hall–Kier alpha value is -3.96. The van der Waals surface area contributed by atoms with Crippen molar-refractivity contribution in [1.82, 2.24) is 19.5 Å². The van der Waals surface area contributed by atoms with Gasteiger partial charge in [0.1, 0.15) is 5.82 Å². The van der Waals surface area contributed by atoms with Gasteiger partial charge in [0.05, 0.1) is 29.8 Å². The van der Waals surface area contributed by atoms with Gasteiger partial charge < -0.3 is 14.9 Å². The summed E-state index contributed by atoms with van der Waals surface area (Å²) in [4.78, 5) is 22.9. The van der Waals surface area contributed by atoms with Crippen molar-refractivity contribution in [3.05, 3.63) is 71.0 Å². The summed E-state index contributed by atoms with van der Waals surface area (Å²) >= 11 is 0. The molecule has 2 aliphatic heterocycles. The summed E-state index contributed by atoms with van der Waals surface area (Å²) in [7, 11) is 0. The number of hydrogen-bond donors (Lipinski definition) is 1. The van der Waals surface area contributed by atoms with Gasteiger partial charge in [-0.15, -0.1) is 0 Å². The Morgan fingerprint density at radius 1 is 1.16 bits per heavy atom. The van der Waals surface area contributed by atoms with Gasteiger partial charge in [0.2, 0.25) is 0 Å². The highest BCUT2D eigenvalue weighted by molar-refractivity contribution is 6.00. The molecule has 0 spiro atoms. The predicted molar refractivity (Wildman–Crippen MR) is 146 cm³/mol. The molecule has 2 aliphatic rings. The van der Waals surface area contributed by atoms with Crippen LogP contribution in [0.25, 0.3) is 16.4 Å². The number of nitrogens with zero attached hydrogens (tertiary/aromatic N) is 6. The van der Waals surface area contributed by atoms with Crippen molar-refractivity contribution < 1.29 is 9.90 Å². The minimum absolute atomic E-state index is 0.0628. The normalized spacial score (nSPS) is 21.8. The van der Waals surface area contributed by atoms with Crippen molar-refractivity contribution in [3.63, 3.8) is 0 Å². The largest absolute Gasteiger partial charge is 0.390 e. The van der Waals surface area contributed by atoms with Gasteiger partial charge in [-0.25, -0.2) is 9.50 Å². The number of aryl methyl sites for hydroxylation is 2. The molecule has 2 fully saturated rings. The first kappa shape index (κ1) is 24.4. The zero-order valence-electron chi connectivity index (χ0n) is 21.8. The number of nitriles is 1. The molecule has 0 radical (unpaired) electrons. The first-order valence-corrected chi connectivity index (χ1v) is 13.5. The molecule has 2 aromatic heterocycles. The number of likely N-dealkylation sites (tertiary alicyclic amines) is 1. The minimum Gasteiger partial charge on any atom is -0.390 e. The van der Waals surface area contributed by atoms with E-state index in [0.717, 1.165) is 64.7 Å². The second kappa shape index (κ2) is 9.73. The van der Waals surface area contributed by atoms with E-state index in [0.29, 0.717) is 25.3 Å². The minimum atomic E-state index is -0.678. The lowest BCUT2D eigenvalue weighted by atomic mass is 9.94. The second-order valence-corrected chi connectivity index (χ2v) is 10.5. The van der Waals surface area contributed by atoms with Crippen molar-refractivity contribution in [2.24, 2.45) is 5.92 Å². The molecule has 38 heavy (non-hydrogen) atoms. The average Bonchev–Trinajstić information content (AvgIpc) is 3.53. The van der Waals surface area contributed by atoms with Crippen LogP contribution in [0, 0.1) is 24.2 Å². The molecule has 8 heteroatoms. The van der Waals surface area contributed by atoms with Crippen LogP contribution in [-0.2, 0) is 6.42 Å². The highest BCUT2D eigenvalue weighted by Gasteiger charge is 2.34. The fourth-order valence-electron chi connectivity index (χ4n) is 6.00. The Morgan fingerprint density at radius 3 is 2.68 bits per heavy atom. The Labute approximate surface area is 222 Å². The Bertz CT molecular complexity index is 1570. The van der Waals surface area contributed by atoms with Crippen LogP contribution in [0.5, 0.6) is 0 Å². The van der Waals surface area contributed by atoms with Crippen molar-refractivity contribution in [3.8, 4) is 6.07 Å². The van der Waals surface area contributed by atoms with Crippen molar-refractivity contribution in [2.75, 3.05) is 24.5 Å². The van der Waals surface area contributed by atoms with Crippen LogP contribution in [0.2, 0.25) is 0 Å². The molecule has 0 unspecified atom stereocenters. The van der Waals surface area contributed by atoms with Gasteiger partial charge in [-0.1, -0.05) is 37.3 Å². The van der Waals surface area contributed by atoms with Crippen LogP contribution < -0.4 is 4.90 Å². The summed E-state index contributed by atoms with van der Waals surface area (Å²) in [6, 6.07) is 16.4. The molecule has 1 N–H and O–H groups in total. The van der Waals surface area contributed by atoms with Crippen LogP contribution in [0.3, 0.4) is 0 Å². The molecule has 4 aromatic rings. The summed E-state index contributed by atoms with van der Waals surface area (Å²) in [6.45, 7) is 5.61. The van der Waals surface area contributed by atoms with Gasteiger partial charge in [-0.2, -0.15) is 10.4 Å². The molecule has 6 rings (SSSR count). The number of anilines is 1. The highest BCUT2D eigenvalue weighted by Crippen LogP contribution is 2.34. The first-order valence-electron chi connectivity index (χ1n) is 13.5. The van der Waals surface area contributed by atoms with Crippen LogP contribution in [0.15, 0.2) is 48.7 Å². The number of piperidine rings is 1. The zero-order valence-corrected chi connectivity index (χ0v) is 21.8. The van der Waals surface area contributed by atoms with Gasteiger partial charge >= 0.3 is 0 Å². The van der Waals surface area contributed by atoms with Gasteiger partial charge in [0, 0.05) is 43.0 Å². The highest BCUT2D eigenvalue weighted by atomic mass is 16.3. The standard InChI is InChI=1S/C30H32N6O2/c1-3-20-12-21-8-4-5-9-22(21)13-24(20)30(38)35-11-7-6-10-26(35)25-14-28-32-29(19(2)16-36(28)33-25)34-17-23(15-31)27(37)18-34/h4-5,8-9,12-14,16,23,26-27,37H,3,6-7,10-11,17-18H2,1-2H3/t23-,26+,27+/m1/s1. The van der Waals surface area contributed by atoms with E-state index in [1.54, 1.807) is 4.52 Å². The van der Waals surface area contributed by atoms with E-state index in [1.807, 2.05) is 47.2 Å². The Balaban J connectivity index is 1.34. The van der Waals surface area contributed by atoms with Crippen molar-refractivity contribution in [1.29, 1.82) is 5.26 Å². The van der Waals surface area contributed by atoms with Gasteiger partial charge in [-0.05, 0) is 55.0 Å². The lowest BCUT2D eigenvalue weighted by Crippen LogP contribution is -2.39. The maximum absolute atomic E-state index is 14.0. The molecular formula is C30H32N6O2. The number of carbonyl (C=O) groups is 1. The van der Waals surface area contributed by atoms with E-state index in [1.165, 1.54) is 0 Å². The lowest BCUT2D eigenvalue weighted by molar-refractivity contribution is 0.0604. The smallest absolute Gasteiger partial charge is 0.254 e. The summed E-state index contributed by atoms with van der Waals surface area (Å²) in [6.07, 6.45) is 4.94. The molecule has 8 nitrogen and oxygen atoms in total. The summed E-state index contributed by atoms with van der Waals surface area (Å²) in [5.74, 6) is 0.409. The maximum Gasteiger partial charge on any atom is 0.254 e. The Kier molecular flexibility index (Phi) is 6.24. The number of amides is 1. The van der Waals surface area contributed by atoms with Crippen molar-refractivity contribution >= 4 is 28.1 Å². The SMILES string of the molecule is CCc1cc2ccccc2cc1C(=O)N1CCCC[C@H]1c1cc2nc(N3C[C@@H](C#N)[C@@H](O)C3)c(C)cn2n1. The number of rotatable bonds is 4. The summed E-state index contributed by atoms with van der Waals surface area (Å²) < 4.78 is 1.78. The van der Waals surface area contributed by atoms with E-state index in [4.69, 9.17) is 10.1 Å². The number of hydrogen-bond acceptors (Lipinski definition) is 6. The Morgan fingerprint density at radius 2 is 1.95 bits per heavy atom. The van der Waals surface area contributed by atoms with Gasteiger partial charge in [-0.3, -0.25) is 4.79 Å². The van der Waals surface area contributed by atoms with Gasteiger partial charge in [0.25, 0.3) is 5.91 Å². The van der Waals surface area contributed by atoms with Crippen LogP contribution >= 0.6 is 0 Å². The first-order chi connectivity index (χ1) is 18.5. The van der Waals surface area contributed by atoms with Crippen molar-refractivity contribution in [2.45, 2.75) is 51.7 Å². The number of carbonyl (C=O) groups excluding carboxylic acids is 1. The molecular weight excluding hydrogens is 476 g/mol. The molecule has 194 valence electrons. The fourth-order valence-corrected chi connectivity index (χ4v) is 6.00. The third-order valence-corrected chi connectivity index (χ3v) is 8.07. The van der Waals surface area contributed by atoms with Crippen LogP contribution in [0.1, 0.15) is 59.4 Å².